The van der Waals surface area contributed by atoms with Gasteiger partial charge in [-0.1, -0.05) is 217 Å². The van der Waals surface area contributed by atoms with E-state index in [0.29, 0.717) is 12.8 Å². The van der Waals surface area contributed by atoms with Crippen molar-refractivity contribution in [2.45, 2.75) is 193 Å². The molecule has 60 heavy (non-hydrogen) atoms. The van der Waals surface area contributed by atoms with Crippen LogP contribution in [0.15, 0.2) is 146 Å². The summed E-state index contributed by atoms with van der Waals surface area (Å²) in [5, 5.41) is 23.0. The summed E-state index contributed by atoms with van der Waals surface area (Å²) in [6.45, 7) is 4.18. The van der Waals surface area contributed by atoms with Gasteiger partial charge in [0, 0.05) is 6.42 Å². The summed E-state index contributed by atoms with van der Waals surface area (Å²) >= 11 is 0. The Labute approximate surface area is 370 Å². The Bertz CT molecular complexity index is 1300. The maximum atomic E-state index is 12.4. The summed E-state index contributed by atoms with van der Waals surface area (Å²) in [5.74, 6) is -0.0835. The van der Waals surface area contributed by atoms with Crippen LogP contribution in [0, 0.1) is 0 Å². The Morgan fingerprint density at radius 3 is 1.07 bits per heavy atom. The first-order valence-electron chi connectivity index (χ1n) is 24.0. The van der Waals surface area contributed by atoms with Gasteiger partial charge in [-0.2, -0.15) is 0 Å². The molecule has 4 nitrogen and oxygen atoms in total. The number of amides is 1. The molecule has 0 aliphatic carbocycles. The van der Waals surface area contributed by atoms with Crippen LogP contribution in [-0.4, -0.2) is 34.9 Å². The molecule has 2 atom stereocenters. The molecule has 0 aliphatic heterocycles. The van der Waals surface area contributed by atoms with Crippen LogP contribution in [-0.2, 0) is 4.79 Å². The third-order valence-electron chi connectivity index (χ3n) is 9.87. The van der Waals surface area contributed by atoms with E-state index >= 15 is 0 Å². The first-order valence-corrected chi connectivity index (χ1v) is 24.0. The first-order chi connectivity index (χ1) is 29.7. The number of hydrogen-bond acceptors (Lipinski definition) is 3. The largest absolute Gasteiger partial charge is 0.394 e. The molecule has 0 fully saturated rings. The van der Waals surface area contributed by atoms with Crippen LogP contribution in [0.4, 0.5) is 0 Å². The van der Waals surface area contributed by atoms with Crippen LogP contribution in [0.3, 0.4) is 0 Å². The zero-order valence-electron chi connectivity index (χ0n) is 38.4. The lowest BCUT2D eigenvalue weighted by atomic mass is 10.0. The Morgan fingerprint density at radius 1 is 0.417 bits per heavy atom. The second kappa shape index (κ2) is 49.6. The molecule has 0 radical (unpaired) electrons. The molecule has 0 aromatic rings. The number of rotatable bonds is 41. The predicted molar refractivity (Wildman–Crippen MR) is 266 cm³/mol. The number of hydrogen-bond donors (Lipinski definition) is 3. The van der Waals surface area contributed by atoms with Crippen molar-refractivity contribution in [1.82, 2.24) is 5.32 Å². The summed E-state index contributed by atoms with van der Waals surface area (Å²) in [7, 11) is 0. The third-order valence-corrected chi connectivity index (χ3v) is 9.87. The van der Waals surface area contributed by atoms with Gasteiger partial charge < -0.3 is 15.5 Å². The van der Waals surface area contributed by atoms with Crippen LogP contribution >= 0.6 is 0 Å². The highest BCUT2D eigenvalue weighted by atomic mass is 16.3. The molecule has 0 rings (SSSR count). The minimum absolute atomic E-state index is 0.0835. The Hall–Kier alpha value is -3.73. The minimum atomic E-state index is -0.686. The summed E-state index contributed by atoms with van der Waals surface area (Å²) in [6.07, 6.45) is 79.5. The molecule has 3 N–H and O–H groups in total. The van der Waals surface area contributed by atoms with Gasteiger partial charge in [0.1, 0.15) is 0 Å². The molecule has 0 heterocycles. The van der Waals surface area contributed by atoms with Gasteiger partial charge in [0.05, 0.1) is 18.8 Å². The van der Waals surface area contributed by atoms with Gasteiger partial charge in [-0.15, -0.1) is 0 Å². The number of aliphatic hydroxyl groups is 2. The van der Waals surface area contributed by atoms with Gasteiger partial charge in [-0.05, 0) is 103 Å². The van der Waals surface area contributed by atoms with Crippen LogP contribution in [0.5, 0.6) is 0 Å². The van der Waals surface area contributed by atoms with Crippen LogP contribution in [0.2, 0.25) is 0 Å². The fourth-order valence-electron chi connectivity index (χ4n) is 6.22. The van der Waals surface area contributed by atoms with Gasteiger partial charge in [0.25, 0.3) is 0 Å². The highest BCUT2D eigenvalue weighted by Gasteiger charge is 2.19. The summed E-state index contributed by atoms with van der Waals surface area (Å²) in [4.78, 5) is 12.4. The molecule has 336 valence electrons. The zero-order valence-corrected chi connectivity index (χ0v) is 38.4. The van der Waals surface area contributed by atoms with Crippen molar-refractivity contribution in [1.29, 1.82) is 0 Å². The van der Waals surface area contributed by atoms with Crippen LogP contribution in [0.25, 0.3) is 0 Å². The number of nitrogens with one attached hydrogen (secondary N) is 1. The molecule has 4 heteroatoms. The van der Waals surface area contributed by atoms with Crippen molar-refractivity contribution in [2.24, 2.45) is 0 Å². The zero-order chi connectivity index (χ0) is 43.5. The van der Waals surface area contributed by atoms with Gasteiger partial charge in [-0.3, -0.25) is 4.79 Å². The van der Waals surface area contributed by atoms with Crippen molar-refractivity contribution >= 4 is 5.91 Å². The monoisotopic (exact) mass is 824 g/mol. The lowest BCUT2D eigenvalue weighted by Crippen LogP contribution is -2.45. The van der Waals surface area contributed by atoms with Gasteiger partial charge in [0.15, 0.2) is 0 Å². The first kappa shape index (κ1) is 56.3. The molecule has 0 aromatic carbocycles. The van der Waals surface area contributed by atoms with Gasteiger partial charge in [-0.25, -0.2) is 0 Å². The van der Waals surface area contributed by atoms with E-state index in [1.807, 2.05) is 0 Å². The third kappa shape index (κ3) is 45.4. The molecule has 0 spiro atoms. The van der Waals surface area contributed by atoms with E-state index in [0.717, 1.165) is 109 Å². The summed E-state index contributed by atoms with van der Waals surface area (Å²) in [6, 6.07) is -0.568. The van der Waals surface area contributed by atoms with Crippen molar-refractivity contribution in [3.05, 3.63) is 146 Å². The van der Waals surface area contributed by atoms with E-state index in [2.05, 4.69) is 165 Å². The van der Waals surface area contributed by atoms with E-state index in [-0.39, 0.29) is 12.5 Å². The predicted octanol–water partition coefficient (Wildman–Crippen LogP) is 15.7. The molecular formula is C56H89NO3. The van der Waals surface area contributed by atoms with Crippen molar-refractivity contribution in [2.75, 3.05) is 6.61 Å². The highest BCUT2D eigenvalue weighted by molar-refractivity contribution is 5.76. The average molecular weight is 824 g/mol. The summed E-state index contributed by atoms with van der Waals surface area (Å²) in [5.41, 5.74) is 0. The SMILES string of the molecule is CC/C=C\C/C=C\C/C=C\C/C=C\C/C=C\C/C=C\C/C=C\C/C=C\C/C=C\C/C=C\C/C=C\C/C=C\CCCCC(=O)NC(CO)C(O)CCCCCCCCCCC. The molecule has 0 saturated heterocycles. The number of carbonyl (C=O) groups excluding carboxylic acids is 1. The molecule has 1 amide bonds. The highest BCUT2D eigenvalue weighted by Crippen LogP contribution is 2.13. The number of aliphatic hydroxyl groups excluding tert-OH is 2. The van der Waals surface area contributed by atoms with Gasteiger partial charge >= 0.3 is 0 Å². The lowest BCUT2D eigenvalue weighted by molar-refractivity contribution is -0.123. The normalized spacial score (nSPS) is 14.3. The van der Waals surface area contributed by atoms with E-state index in [1.54, 1.807) is 0 Å². The molecule has 0 saturated carbocycles. The van der Waals surface area contributed by atoms with E-state index in [4.69, 9.17) is 0 Å². The molecule has 0 aliphatic rings. The van der Waals surface area contributed by atoms with E-state index in [1.165, 1.54) is 44.9 Å². The van der Waals surface area contributed by atoms with Gasteiger partial charge in [0.2, 0.25) is 5.91 Å². The Balaban J connectivity index is 3.73. The fourth-order valence-corrected chi connectivity index (χ4v) is 6.22. The van der Waals surface area contributed by atoms with Crippen molar-refractivity contribution in [3.63, 3.8) is 0 Å². The minimum Gasteiger partial charge on any atom is -0.394 e. The molecular weight excluding hydrogens is 735 g/mol. The Kier molecular flexibility index (Phi) is 46.5. The number of unbranched alkanes of at least 4 members (excludes halogenated alkanes) is 10. The quantitative estimate of drug-likeness (QED) is 0.0425. The van der Waals surface area contributed by atoms with E-state index in [9.17, 15) is 15.0 Å². The molecule has 0 bridgehead atoms. The second-order valence-corrected chi connectivity index (χ2v) is 15.4. The second-order valence-electron chi connectivity index (χ2n) is 15.4. The van der Waals surface area contributed by atoms with Crippen LogP contribution < -0.4 is 5.32 Å². The molecule has 0 aromatic heterocycles. The Morgan fingerprint density at radius 2 is 0.733 bits per heavy atom. The summed E-state index contributed by atoms with van der Waals surface area (Å²) < 4.78 is 0. The number of allylic oxidation sites excluding steroid dienone is 24. The van der Waals surface area contributed by atoms with Crippen molar-refractivity contribution < 1.29 is 15.0 Å². The maximum Gasteiger partial charge on any atom is 0.220 e. The fraction of sp³-hybridized carbons (Fsp3) is 0.554. The lowest BCUT2D eigenvalue weighted by Gasteiger charge is -2.22. The van der Waals surface area contributed by atoms with E-state index < -0.39 is 12.1 Å². The topological polar surface area (TPSA) is 69.6 Å². The smallest absolute Gasteiger partial charge is 0.220 e. The van der Waals surface area contributed by atoms with Crippen molar-refractivity contribution in [3.8, 4) is 0 Å². The average Bonchev–Trinajstić information content (AvgIpc) is 3.25. The standard InChI is InChI=1S/C56H89NO3/c1-3-5-7-9-11-13-14-15-16-17-18-19-20-21-22-23-24-25-26-27-28-29-30-31-32-33-34-35-36-37-38-39-40-41-42-44-46-48-50-52-56(60)57-54(53-58)55(59)51-49-47-45-43-12-10-8-6-4-2/h5,7,11,13,15-16,18-19,21-22,24-25,27-28,30-31,33-34,36-37,39-40,42,44,54-55,58-59H,3-4,6,8-10,12,14,17,20,23,26,29,32,35,38,41,43,45-53H2,1-2H3,(H,57,60)/b7-5-,13-11-,16-15-,19-18-,22-21-,25-24-,28-27-,31-30-,34-33-,37-36-,40-39-,44-42-. The molecule has 2 unspecified atom stereocenters. The van der Waals surface area contributed by atoms with Crippen LogP contribution in [0.1, 0.15) is 181 Å². The maximum absolute atomic E-state index is 12.4. The number of carbonyl (C=O) groups is 1.